The fourth-order valence-corrected chi connectivity index (χ4v) is 4.33. The number of ether oxygens (including phenoxy) is 2. The maximum absolute atomic E-state index is 12.5. The van der Waals surface area contributed by atoms with E-state index in [-0.39, 0.29) is 32.1 Å². The molecule has 0 saturated carbocycles. The number of carboxylic acid groups (broad SMARTS) is 1. The summed E-state index contributed by atoms with van der Waals surface area (Å²) >= 11 is 0. The smallest absolute Gasteiger partial charge is 0.306 e. The molecule has 40 heavy (non-hydrogen) atoms. The lowest BCUT2D eigenvalue weighted by molar-refractivity contribution is -0.171. The van der Waals surface area contributed by atoms with Gasteiger partial charge in [-0.15, -0.1) is 0 Å². The van der Waals surface area contributed by atoms with Crippen LogP contribution < -0.4 is 0 Å². The minimum atomic E-state index is -1.88. The first-order valence-corrected chi connectivity index (χ1v) is 15.3. The first kappa shape index (κ1) is 38.0. The lowest BCUT2D eigenvalue weighted by Gasteiger charge is -2.24. The van der Waals surface area contributed by atoms with Crippen LogP contribution in [0, 0.1) is 0 Å². The average molecular weight is 575 g/mol. The summed E-state index contributed by atoms with van der Waals surface area (Å²) in [5.41, 5.74) is 0. The summed E-state index contributed by atoms with van der Waals surface area (Å²) in [6, 6.07) is 0. The van der Waals surface area contributed by atoms with E-state index in [1.165, 1.54) is 70.6 Å². The van der Waals surface area contributed by atoms with Gasteiger partial charge in [-0.3, -0.25) is 19.2 Å². The largest absolute Gasteiger partial charge is 0.481 e. The Bertz CT molecular complexity index is 681. The van der Waals surface area contributed by atoms with Crippen LogP contribution in [0.15, 0.2) is 0 Å². The van der Waals surface area contributed by atoms with Gasteiger partial charge in [0.15, 0.2) is 12.7 Å². The molecule has 10 nitrogen and oxygen atoms in total. The van der Waals surface area contributed by atoms with Gasteiger partial charge in [-0.2, -0.15) is 0 Å². The standard InChI is InChI=1S/C30H54O10/c1-2-3-4-5-6-7-8-9-10-11-12-13-14-15-16-21-28(37)40-30(29(38)24(32)22-31)25(33)23-39-27(36)20-18-17-19-26(34)35/h24,29-32,38H,2-23H2,1H3,(H,34,35)/t24-,29+,30+/m1/s1. The van der Waals surface area contributed by atoms with Crippen molar-refractivity contribution in [2.45, 2.75) is 154 Å². The molecular formula is C30H54O10. The van der Waals surface area contributed by atoms with Gasteiger partial charge in [0, 0.05) is 19.3 Å². The number of hydrogen-bond acceptors (Lipinski definition) is 9. The Hall–Kier alpha value is -2.04. The number of carbonyl (C=O) groups excluding carboxylic acids is 3. The van der Waals surface area contributed by atoms with Crippen LogP contribution >= 0.6 is 0 Å². The highest BCUT2D eigenvalue weighted by Crippen LogP contribution is 2.15. The van der Waals surface area contributed by atoms with Gasteiger partial charge in [0.05, 0.1) is 6.61 Å². The van der Waals surface area contributed by atoms with Gasteiger partial charge in [-0.05, 0) is 19.3 Å². The molecule has 0 fully saturated rings. The van der Waals surface area contributed by atoms with Crippen molar-refractivity contribution in [2.24, 2.45) is 0 Å². The highest BCUT2D eigenvalue weighted by atomic mass is 16.6. The Balaban J connectivity index is 4.16. The molecule has 0 aromatic rings. The summed E-state index contributed by atoms with van der Waals surface area (Å²) in [6.45, 7) is 0.590. The summed E-state index contributed by atoms with van der Waals surface area (Å²) in [5, 5.41) is 37.6. The number of carbonyl (C=O) groups is 4. The maximum Gasteiger partial charge on any atom is 0.306 e. The van der Waals surface area contributed by atoms with Crippen molar-refractivity contribution in [1.29, 1.82) is 0 Å². The van der Waals surface area contributed by atoms with Gasteiger partial charge in [-0.1, -0.05) is 96.8 Å². The Morgan fingerprint density at radius 2 is 1.05 bits per heavy atom. The number of Topliss-reactive ketones (excluding diaryl/α,β-unsaturated/α-hetero) is 1. The number of unbranched alkanes of at least 4 members (excludes halogenated alkanes) is 15. The second kappa shape index (κ2) is 25.9. The number of aliphatic carboxylic acids is 1. The van der Waals surface area contributed by atoms with Crippen molar-refractivity contribution in [3.8, 4) is 0 Å². The van der Waals surface area contributed by atoms with Crippen LogP contribution in [0.25, 0.3) is 0 Å². The molecule has 0 bridgehead atoms. The van der Waals surface area contributed by atoms with Gasteiger partial charge >= 0.3 is 17.9 Å². The summed E-state index contributed by atoms with van der Waals surface area (Å²) < 4.78 is 9.95. The predicted molar refractivity (Wildman–Crippen MR) is 151 cm³/mol. The monoisotopic (exact) mass is 574 g/mol. The van der Waals surface area contributed by atoms with Crippen LogP contribution in [0.2, 0.25) is 0 Å². The minimum Gasteiger partial charge on any atom is -0.481 e. The summed E-state index contributed by atoms with van der Waals surface area (Å²) in [5.74, 6) is -3.37. The average Bonchev–Trinajstić information content (AvgIpc) is 2.93. The Morgan fingerprint density at radius 3 is 1.52 bits per heavy atom. The zero-order valence-corrected chi connectivity index (χ0v) is 24.5. The fraction of sp³-hybridized carbons (Fsp3) is 0.867. The molecule has 0 spiro atoms. The van der Waals surface area contributed by atoms with Crippen molar-refractivity contribution < 1.29 is 49.1 Å². The zero-order chi connectivity index (χ0) is 30.0. The van der Waals surface area contributed by atoms with E-state index in [0.29, 0.717) is 6.42 Å². The third-order valence-corrected chi connectivity index (χ3v) is 6.85. The number of carboxylic acids is 1. The van der Waals surface area contributed by atoms with E-state index < -0.39 is 55.2 Å². The molecule has 0 amide bonds. The molecule has 0 radical (unpaired) electrons. The number of esters is 2. The van der Waals surface area contributed by atoms with Crippen LogP contribution in [0.5, 0.6) is 0 Å². The molecule has 4 N–H and O–H groups in total. The predicted octanol–water partition coefficient (Wildman–Crippen LogP) is 4.63. The van der Waals surface area contributed by atoms with E-state index >= 15 is 0 Å². The summed E-state index contributed by atoms with van der Waals surface area (Å²) in [7, 11) is 0. The molecule has 0 aromatic carbocycles. The highest BCUT2D eigenvalue weighted by Gasteiger charge is 2.35. The maximum atomic E-state index is 12.5. The number of hydrogen-bond donors (Lipinski definition) is 4. The number of aliphatic hydroxyl groups is 3. The van der Waals surface area contributed by atoms with E-state index in [2.05, 4.69) is 6.92 Å². The van der Waals surface area contributed by atoms with Gasteiger partial charge in [-0.25, -0.2) is 0 Å². The van der Waals surface area contributed by atoms with Crippen LogP contribution in [0.4, 0.5) is 0 Å². The molecule has 0 aromatic heterocycles. The SMILES string of the molecule is CCCCCCCCCCCCCCCCCC(=O)O[C@@H](C(=O)COC(=O)CCCCC(=O)O)[C@@H](O)[C@H](O)CO. The Morgan fingerprint density at radius 1 is 0.625 bits per heavy atom. The van der Waals surface area contributed by atoms with E-state index in [9.17, 15) is 29.4 Å². The highest BCUT2D eigenvalue weighted by molar-refractivity contribution is 5.88. The van der Waals surface area contributed by atoms with E-state index in [0.717, 1.165) is 19.3 Å². The van der Waals surface area contributed by atoms with Crippen molar-refractivity contribution in [3.63, 3.8) is 0 Å². The Kier molecular flexibility index (Phi) is 24.6. The van der Waals surface area contributed by atoms with E-state index in [1.807, 2.05) is 0 Å². The van der Waals surface area contributed by atoms with Crippen molar-refractivity contribution >= 4 is 23.7 Å². The molecule has 10 heteroatoms. The fourth-order valence-electron chi connectivity index (χ4n) is 4.33. The lowest BCUT2D eigenvalue weighted by Crippen LogP contribution is -2.47. The molecule has 0 aliphatic carbocycles. The van der Waals surface area contributed by atoms with Gasteiger partial charge in [0.2, 0.25) is 5.78 Å². The topological polar surface area (TPSA) is 168 Å². The number of aliphatic hydroxyl groups excluding tert-OH is 3. The Labute approximate surface area is 239 Å². The lowest BCUT2D eigenvalue weighted by atomic mass is 10.0. The second-order valence-electron chi connectivity index (χ2n) is 10.6. The molecule has 0 unspecified atom stereocenters. The minimum absolute atomic E-state index is 0.0351. The van der Waals surface area contributed by atoms with Crippen LogP contribution in [-0.2, 0) is 28.7 Å². The van der Waals surface area contributed by atoms with Gasteiger partial charge < -0.3 is 29.9 Å². The van der Waals surface area contributed by atoms with Crippen LogP contribution in [0.1, 0.15) is 135 Å². The quantitative estimate of drug-likeness (QED) is 0.0763. The molecular weight excluding hydrogens is 520 g/mol. The summed E-state index contributed by atoms with van der Waals surface area (Å²) in [6.07, 6.45) is 12.8. The first-order valence-electron chi connectivity index (χ1n) is 15.3. The molecule has 0 heterocycles. The summed E-state index contributed by atoms with van der Waals surface area (Å²) in [4.78, 5) is 47.1. The third-order valence-electron chi connectivity index (χ3n) is 6.85. The second-order valence-corrected chi connectivity index (χ2v) is 10.6. The van der Waals surface area contributed by atoms with Crippen LogP contribution in [-0.4, -0.2) is 75.6 Å². The van der Waals surface area contributed by atoms with Gasteiger partial charge in [0.1, 0.15) is 12.2 Å². The van der Waals surface area contributed by atoms with Crippen molar-refractivity contribution in [3.05, 3.63) is 0 Å². The molecule has 0 aliphatic heterocycles. The number of ketones is 1. The van der Waals surface area contributed by atoms with Crippen molar-refractivity contribution in [1.82, 2.24) is 0 Å². The molecule has 0 saturated heterocycles. The molecule has 0 rings (SSSR count). The molecule has 234 valence electrons. The van der Waals surface area contributed by atoms with Crippen LogP contribution in [0.3, 0.4) is 0 Å². The van der Waals surface area contributed by atoms with Crippen molar-refractivity contribution in [2.75, 3.05) is 13.2 Å². The third kappa shape index (κ3) is 21.7. The molecule has 0 aliphatic rings. The van der Waals surface area contributed by atoms with Gasteiger partial charge in [0.25, 0.3) is 0 Å². The normalized spacial score (nSPS) is 13.4. The van der Waals surface area contributed by atoms with E-state index in [4.69, 9.17) is 19.7 Å². The van der Waals surface area contributed by atoms with E-state index in [1.54, 1.807) is 0 Å². The number of rotatable bonds is 28. The molecule has 3 atom stereocenters. The first-order chi connectivity index (χ1) is 19.2. The zero-order valence-electron chi connectivity index (χ0n) is 24.5.